The van der Waals surface area contributed by atoms with E-state index in [-0.39, 0.29) is 0 Å². The quantitative estimate of drug-likeness (QED) is 0.784. The van der Waals surface area contributed by atoms with Crippen LogP contribution < -0.4 is 4.74 Å². The molecule has 0 amide bonds. The monoisotopic (exact) mass is 262 g/mol. The van der Waals surface area contributed by atoms with Crippen molar-refractivity contribution in [1.29, 1.82) is 0 Å². The Balaban J connectivity index is 2.30. The van der Waals surface area contributed by atoms with Crippen molar-refractivity contribution in [3.8, 4) is 5.75 Å². The van der Waals surface area contributed by atoms with Crippen molar-refractivity contribution in [3.05, 3.63) is 53.8 Å². The minimum Gasteiger partial charge on any atom is -0.497 e. The first-order chi connectivity index (χ1) is 8.72. The molecule has 0 radical (unpaired) electrons. The van der Waals surface area contributed by atoms with Crippen molar-refractivity contribution in [1.82, 2.24) is 0 Å². The Morgan fingerprint density at radius 1 is 1.22 bits per heavy atom. The SMILES string of the molecule is COc1cccc(Sc2ccc(F)cc2C=O)c1. The molecular weight excluding hydrogens is 251 g/mol. The highest BCUT2D eigenvalue weighted by Gasteiger charge is 2.06. The van der Waals surface area contributed by atoms with E-state index in [0.717, 1.165) is 15.5 Å². The number of rotatable bonds is 4. The summed E-state index contributed by atoms with van der Waals surface area (Å²) in [5.41, 5.74) is 0.350. The molecule has 0 saturated carbocycles. The number of methoxy groups -OCH3 is 1. The van der Waals surface area contributed by atoms with Crippen LogP contribution in [-0.2, 0) is 0 Å². The highest BCUT2D eigenvalue weighted by atomic mass is 32.2. The fraction of sp³-hybridized carbons (Fsp3) is 0.0714. The number of aldehydes is 1. The van der Waals surface area contributed by atoms with Crippen LogP contribution >= 0.6 is 11.8 Å². The normalized spacial score (nSPS) is 10.1. The van der Waals surface area contributed by atoms with Crippen LogP contribution in [0.25, 0.3) is 0 Å². The fourth-order valence-electron chi connectivity index (χ4n) is 1.50. The van der Waals surface area contributed by atoms with Gasteiger partial charge in [0.1, 0.15) is 11.6 Å². The summed E-state index contributed by atoms with van der Waals surface area (Å²) in [6, 6.07) is 11.7. The Morgan fingerprint density at radius 2 is 2.06 bits per heavy atom. The van der Waals surface area contributed by atoms with Gasteiger partial charge in [-0.2, -0.15) is 0 Å². The van der Waals surface area contributed by atoms with Crippen LogP contribution in [0.4, 0.5) is 4.39 Å². The molecule has 2 aromatic carbocycles. The molecule has 0 atom stereocenters. The molecule has 0 aromatic heterocycles. The second-order valence-electron chi connectivity index (χ2n) is 3.58. The zero-order valence-electron chi connectivity index (χ0n) is 9.72. The van der Waals surface area contributed by atoms with Gasteiger partial charge in [0.2, 0.25) is 0 Å². The van der Waals surface area contributed by atoms with E-state index in [1.807, 2.05) is 24.3 Å². The van der Waals surface area contributed by atoms with Gasteiger partial charge in [-0.05, 0) is 36.4 Å². The predicted molar refractivity (Wildman–Crippen MR) is 68.9 cm³/mol. The summed E-state index contributed by atoms with van der Waals surface area (Å²) in [5, 5.41) is 0. The van der Waals surface area contributed by atoms with E-state index in [1.54, 1.807) is 13.2 Å². The number of ether oxygens (including phenoxy) is 1. The molecule has 2 nitrogen and oxygen atoms in total. The third kappa shape index (κ3) is 2.90. The lowest BCUT2D eigenvalue weighted by atomic mass is 10.2. The first-order valence-electron chi connectivity index (χ1n) is 5.29. The number of benzene rings is 2. The summed E-state index contributed by atoms with van der Waals surface area (Å²) in [7, 11) is 1.60. The Morgan fingerprint density at radius 3 is 2.78 bits per heavy atom. The summed E-state index contributed by atoms with van der Waals surface area (Å²) >= 11 is 1.40. The number of halogens is 1. The van der Waals surface area contributed by atoms with Crippen LogP contribution in [0.1, 0.15) is 10.4 Å². The number of carbonyl (C=O) groups is 1. The van der Waals surface area contributed by atoms with Gasteiger partial charge in [0.25, 0.3) is 0 Å². The lowest BCUT2D eigenvalue weighted by molar-refractivity contribution is 0.112. The average Bonchev–Trinajstić information content (AvgIpc) is 2.41. The van der Waals surface area contributed by atoms with Crippen molar-refractivity contribution < 1.29 is 13.9 Å². The van der Waals surface area contributed by atoms with E-state index >= 15 is 0 Å². The molecule has 0 heterocycles. The van der Waals surface area contributed by atoms with Crippen LogP contribution in [0.3, 0.4) is 0 Å². The molecule has 0 spiro atoms. The molecule has 0 N–H and O–H groups in total. The van der Waals surface area contributed by atoms with Crippen molar-refractivity contribution in [2.45, 2.75) is 9.79 Å². The van der Waals surface area contributed by atoms with Gasteiger partial charge in [0.15, 0.2) is 6.29 Å². The first kappa shape index (κ1) is 12.6. The molecule has 4 heteroatoms. The molecule has 0 saturated heterocycles. The number of carbonyl (C=O) groups excluding carboxylic acids is 1. The maximum Gasteiger partial charge on any atom is 0.151 e. The molecule has 0 bridgehead atoms. The van der Waals surface area contributed by atoms with Gasteiger partial charge in [-0.1, -0.05) is 17.8 Å². The molecule has 92 valence electrons. The van der Waals surface area contributed by atoms with Crippen LogP contribution in [-0.4, -0.2) is 13.4 Å². The average molecular weight is 262 g/mol. The zero-order valence-corrected chi connectivity index (χ0v) is 10.5. The van der Waals surface area contributed by atoms with Gasteiger partial charge in [-0.3, -0.25) is 4.79 Å². The molecule has 0 unspecified atom stereocenters. The van der Waals surface area contributed by atoms with Gasteiger partial charge in [0, 0.05) is 15.4 Å². The molecular formula is C14H11FO2S. The molecule has 0 aliphatic carbocycles. The first-order valence-corrected chi connectivity index (χ1v) is 6.11. The Hall–Kier alpha value is -1.81. The Labute approximate surface area is 109 Å². The van der Waals surface area contributed by atoms with Gasteiger partial charge < -0.3 is 4.74 Å². The summed E-state index contributed by atoms with van der Waals surface area (Å²) in [4.78, 5) is 12.5. The maximum absolute atomic E-state index is 13.0. The number of hydrogen-bond acceptors (Lipinski definition) is 3. The van der Waals surface area contributed by atoms with Crippen molar-refractivity contribution >= 4 is 18.0 Å². The molecule has 0 fully saturated rings. The molecule has 2 rings (SSSR count). The zero-order chi connectivity index (χ0) is 13.0. The lowest BCUT2D eigenvalue weighted by Gasteiger charge is -2.06. The third-order valence-corrected chi connectivity index (χ3v) is 3.45. The minimum atomic E-state index is -0.410. The third-order valence-electron chi connectivity index (χ3n) is 2.37. The summed E-state index contributed by atoms with van der Waals surface area (Å²) in [6.45, 7) is 0. The van der Waals surface area contributed by atoms with E-state index < -0.39 is 5.82 Å². The highest BCUT2D eigenvalue weighted by Crippen LogP contribution is 2.32. The van der Waals surface area contributed by atoms with Crippen molar-refractivity contribution in [2.75, 3.05) is 7.11 Å². The Kier molecular flexibility index (Phi) is 3.99. The van der Waals surface area contributed by atoms with Gasteiger partial charge >= 0.3 is 0 Å². The Bertz CT molecular complexity index is 569. The smallest absolute Gasteiger partial charge is 0.151 e. The largest absolute Gasteiger partial charge is 0.497 e. The molecule has 0 aliphatic heterocycles. The topological polar surface area (TPSA) is 26.3 Å². The van der Waals surface area contributed by atoms with Gasteiger partial charge in [0.05, 0.1) is 7.11 Å². The molecule has 18 heavy (non-hydrogen) atoms. The summed E-state index contributed by atoms with van der Waals surface area (Å²) in [5.74, 6) is 0.335. The maximum atomic E-state index is 13.0. The predicted octanol–water partition coefficient (Wildman–Crippen LogP) is 3.80. The lowest BCUT2D eigenvalue weighted by Crippen LogP contribution is -1.88. The fourth-order valence-corrected chi connectivity index (χ4v) is 2.43. The van der Waals surface area contributed by atoms with E-state index in [9.17, 15) is 9.18 Å². The van der Waals surface area contributed by atoms with Gasteiger partial charge in [-0.25, -0.2) is 4.39 Å². The van der Waals surface area contributed by atoms with Crippen molar-refractivity contribution in [2.24, 2.45) is 0 Å². The van der Waals surface area contributed by atoms with Gasteiger partial charge in [-0.15, -0.1) is 0 Å². The standard InChI is InChI=1S/C14H11FO2S/c1-17-12-3-2-4-13(8-12)18-14-6-5-11(15)7-10(14)9-16/h2-9H,1H3. The van der Waals surface area contributed by atoms with Crippen molar-refractivity contribution in [3.63, 3.8) is 0 Å². The second kappa shape index (κ2) is 5.69. The van der Waals surface area contributed by atoms with Crippen LogP contribution in [0.2, 0.25) is 0 Å². The van der Waals surface area contributed by atoms with E-state index in [4.69, 9.17) is 4.74 Å². The molecule has 0 aliphatic rings. The highest BCUT2D eigenvalue weighted by molar-refractivity contribution is 7.99. The summed E-state index contributed by atoms with van der Waals surface area (Å²) < 4.78 is 18.1. The van der Waals surface area contributed by atoms with E-state index in [1.165, 1.54) is 23.9 Å². The van der Waals surface area contributed by atoms with Crippen LogP contribution in [0.5, 0.6) is 5.75 Å². The minimum absolute atomic E-state index is 0.350. The second-order valence-corrected chi connectivity index (χ2v) is 4.70. The van der Waals surface area contributed by atoms with E-state index in [0.29, 0.717) is 11.8 Å². The molecule has 2 aromatic rings. The number of hydrogen-bond donors (Lipinski definition) is 0. The van der Waals surface area contributed by atoms with Crippen LogP contribution in [0, 0.1) is 5.82 Å². The summed E-state index contributed by atoms with van der Waals surface area (Å²) in [6.07, 6.45) is 0.658. The van der Waals surface area contributed by atoms with Crippen LogP contribution in [0.15, 0.2) is 52.3 Å². The van der Waals surface area contributed by atoms with E-state index in [2.05, 4.69) is 0 Å².